The maximum atomic E-state index is 14.2. The Balaban J connectivity index is 2.06. The maximum absolute atomic E-state index is 14.2. The summed E-state index contributed by atoms with van der Waals surface area (Å²) in [7, 11) is -3.81. The van der Waals surface area contributed by atoms with E-state index in [2.05, 4.69) is 21.2 Å². The molecule has 214 valence electrons. The number of anilines is 1. The number of hydrogen-bond acceptors (Lipinski definition) is 4. The van der Waals surface area contributed by atoms with Gasteiger partial charge in [-0.3, -0.25) is 13.9 Å². The fraction of sp³-hybridized carbons (Fsp3) is 0.355. The molecule has 0 unspecified atom stereocenters. The van der Waals surface area contributed by atoms with Gasteiger partial charge in [-0.25, -0.2) is 8.42 Å². The van der Waals surface area contributed by atoms with Crippen molar-refractivity contribution in [2.24, 2.45) is 0 Å². The van der Waals surface area contributed by atoms with Gasteiger partial charge >= 0.3 is 0 Å². The molecule has 0 aliphatic heterocycles. The van der Waals surface area contributed by atoms with E-state index in [-0.39, 0.29) is 12.5 Å². The first-order valence-corrected chi connectivity index (χ1v) is 16.0. The van der Waals surface area contributed by atoms with Gasteiger partial charge in [-0.05, 0) is 60.7 Å². The van der Waals surface area contributed by atoms with Crippen LogP contribution in [-0.2, 0) is 32.6 Å². The lowest BCUT2D eigenvalue weighted by molar-refractivity contribution is -0.140. The Morgan fingerprint density at radius 2 is 1.65 bits per heavy atom. The van der Waals surface area contributed by atoms with Gasteiger partial charge in [0.25, 0.3) is 0 Å². The minimum absolute atomic E-state index is 0.140. The van der Waals surface area contributed by atoms with Gasteiger partial charge < -0.3 is 10.2 Å². The molecule has 3 rings (SSSR count). The van der Waals surface area contributed by atoms with Crippen LogP contribution in [0, 0.1) is 13.8 Å². The average molecular weight is 629 g/mol. The molecule has 0 saturated carbocycles. The Morgan fingerprint density at radius 1 is 0.950 bits per heavy atom. The molecule has 0 spiro atoms. The van der Waals surface area contributed by atoms with E-state index in [1.54, 1.807) is 6.07 Å². The number of rotatable bonds is 13. The van der Waals surface area contributed by atoms with Crippen LogP contribution >= 0.6 is 15.9 Å². The molecule has 1 atom stereocenters. The largest absolute Gasteiger partial charge is 0.354 e. The van der Waals surface area contributed by atoms with Crippen LogP contribution in [0.15, 0.2) is 77.3 Å². The third-order valence-corrected chi connectivity index (χ3v) is 8.27. The monoisotopic (exact) mass is 627 g/mol. The molecule has 1 N–H and O–H groups in total. The average Bonchev–Trinajstić information content (AvgIpc) is 2.90. The Kier molecular flexibility index (Phi) is 11.3. The molecule has 0 radical (unpaired) electrons. The molecule has 0 bridgehead atoms. The van der Waals surface area contributed by atoms with Gasteiger partial charge in [0.2, 0.25) is 21.8 Å². The molecule has 7 nitrogen and oxygen atoms in total. The first-order valence-electron chi connectivity index (χ1n) is 13.4. The summed E-state index contributed by atoms with van der Waals surface area (Å²) in [6.45, 7) is 5.95. The van der Waals surface area contributed by atoms with Crippen LogP contribution in [0.1, 0.15) is 42.0 Å². The molecular formula is C31H38BrN3O4S. The van der Waals surface area contributed by atoms with Crippen LogP contribution in [0.2, 0.25) is 0 Å². The number of halogens is 1. The summed E-state index contributed by atoms with van der Waals surface area (Å²) in [6, 6.07) is 21.7. The molecule has 0 aromatic heterocycles. The number of aryl methyl sites for hydroxylation is 2. The Hall–Kier alpha value is -3.17. The number of carbonyl (C=O) groups excluding carboxylic acids is 2. The van der Waals surface area contributed by atoms with Crippen molar-refractivity contribution in [3.63, 3.8) is 0 Å². The molecule has 9 heteroatoms. The number of hydrogen-bond donors (Lipinski definition) is 1. The molecule has 0 saturated heterocycles. The quantitative estimate of drug-likeness (QED) is 0.258. The first kappa shape index (κ1) is 31.4. The van der Waals surface area contributed by atoms with E-state index in [1.165, 1.54) is 4.90 Å². The lowest BCUT2D eigenvalue weighted by Crippen LogP contribution is -2.53. The third-order valence-electron chi connectivity index (χ3n) is 6.66. The highest BCUT2D eigenvalue weighted by Crippen LogP contribution is 2.25. The van der Waals surface area contributed by atoms with Crippen molar-refractivity contribution in [1.29, 1.82) is 0 Å². The van der Waals surface area contributed by atoms with E-state index >= 15 is 0 Å². The topological polar surface area (TPSA) is 86.8 Å². The Bertz CT molecular complexity index is 1410. The lowest BCUT2D eigenvalue weighted by Gasteiger charge is -2.34. The van der Waals surface area contributed by atoms with E-state index in [1.807, 2.05) is 87.5 Å². The van der Waals surface area contributed by atoms with Crippen molar-refractivity contribution < 1.29 is 18.0 Å². The molecule has 0 heterocycles. The summed E-state index contributed by atoms with van der Waals surface area (Å²) in [5.41, 5.74) is 3.79. The normalized spacial score (nSPS) is 12.0. The van der Waals surface area contributed by atoms with Crippen molar-refractivity contribution in [2.45, 2.75) is 52.6 Å². The van der Waals surface area contributed by atoms with Crippen LogP contribution < -0.4 is 9.62 Å². The minimum Gasteiger partial charge on any atom is -0.354 e. The van der Waals surface area contributed by atoms with Crippen molar-refractivity contribution in [3.05, 3.63) is 99.5 Å². The Morgan fingerprint density at radius 3 is 2.30 bits per heavy atom. The minimum atomic E-state index is -3.81. The van der Waals surface area contributed by atoms with E-state index in [9.17, 15) is 18.0 Å². The highest BCUT2D eigenvalue weighted by atomic mass is 79.9. The van der Waals surface area contributed by atoms with Gasteiger partial charge in [0.05, 0.1) is 11.9 Å². The Labute approximate surface area is 246 Å². The van der Waals surface area contributed by atoms with Gasteiger partial charge in [0, 0.05) is 24.0 Å². The highest BCUT2D eigenvalue weighted by Gasteiger charge is 2.33. The van der Waals surface area contributed by atoms with Crippen LogP contribution in [0.25, 0.3) is 0 Å². The zero-order valence-electron chi connectivity index (χ0n) is 23.6. The smallest absolute Gasteiger partial charge is 0.244 e. The van der Waals surface area contributed by atoms with Crippen molar-refractivity contribution >= 4 is 43.5 Å². The molecule has 0 aliphatic rings. The maximum Gasteiger partial charge on any atom is 0.244 e. The first-order chi connectivity index (χ1) is 19.0. The van der Waals surface area contributed by atoms with Crippen LogP contribution in [0.5, 0.6) is 0 Å². The van der Waals surface area contributed by atoms with E-state index in [0.717, 1.165) is 50.1 Å². The predicted molar refractivity (Wildman–Crippen MR) is 165 cm³/mol. The summed E-state index contributed by atoms with van der Waals surface area (Å²) < 4.78 is 28.0. The molecular weight excluding hydrogens is 590 g/mol. The fourth-order valence-corrected chi connectivity index (χ4v) is 5.82. The van der Waals surface area contributed by atoms with Gasteiger partial charge in [0.15, 0.2) is 0 Å². The second-order valence-corrected chi connectivity index (χ2v) is 12.9. The number of carbonyl (C=O) groups is 2. The number of nitrogens with zero attached hydrogens (tertiary/aromatic N) is 2. The van der Waals surface area contributed by atoms with Gasteiger partial charge in [-0.2, -0.15) is 0 Å². The lowest BCUT2D eigenvalue weighted by atomic mass is 10.0. The van der Waals surface area contributed by atoms with E-state index in [4.69, 9.17) is 0 Å². The predicted octanol–water partition coefficient (Wildman–Crippen LogP) is 5.39. The molecule has 0 aliphatic carbocycles. The number of amides is 2. The standard InChI is InChI=1S/C31H38BrN3O4S/c1-5-6-17-33-31(37)29(20-25-11-8-7-9-12-25)34(21-26-13-10-14-27(32)19-26)30(36)22-35(40(4,38)39)28-18-23(2)15-16-24(28)3/h7-16,18-19,29H,5-6,17,20-22H2,1-4H3,(H,33,37)/t29-/m1/s1. The third kappa shape index (κ3) is 8.93. The second-order valence-electron chi connectivity index (χ2n) is 10.1. The highest BCUT2D eigenvalue weighted by molar-refractivity contribution is 9.10. The molecule has 2 amide bonds. The number of nitrogens with one attached hydrogen (secondary N) is 1. The number of unbranched alkanes of at least 4 members (excludes halogenated alkanes) is 1. The van der Waals surface area contributed by atoms with Gasteiger partial charge in [-0.1, -0.05) is 83.9 Å². The van der Waals surface area contributed by atoms with E-state index in [0.29, 0.717) is 18.7 Å². The SMILES string of the molecule is CCCCNC(=O)[C@@H](Cc1ccccc1)N(Cc1cccc(Br)c1)C(=O)CN(c1cc(C)ccc1C)S(C)(=O)=O. The van der Waals surface area contributed by atoms with Crippen molar-refractivity contribution in [2.75, 3.05) is 23.7 Å². The van der Waals surface area contributed by atoms with E-state index < -0.39 is 28.5 Å². The van der Waals surface area contributed by atoms with Crippen molar-refractivity contribution in [1.82, 2.24) is 10.2 Å². The zero-order valence-corrected chi connectivity index (χ0v) is 26.0. The van der Waals surface area contributed by atoms with Gasteiger partial charge in [-0.15, -0.1) is 0 Å². The molecule has 3 aromatic carbocycles. The zero-order chi connectivity index (χ0) is 29.3. The summed E-state index contributed by atoms with van der Waals surface area (Å²) in [5, 5.41) is 2.99. The van der Waals surface area contributed by atoms with Crippen LogP contribution in [0.4, 0.5) is 5.69 Å². The fourth-order valence-electron chi connectivity index (χ4n) is 4.48. The second kappa shape index (κ2) is 14.5. The van der Waals surface area contributed by atoms with Crippen LogP contribution in [0.3, 0.4) is 0 Å². The van der Waals surface area contributed by atoms with Crippen molar-refractivity contribution in [3.8, 4) is 0 Å². The number of benzene rings is 3. The number of sulfonamides is 1. The molecule has 40 heavy (non-hydrogen) atoms. The summed E-state index contributed by atoms with van der Waals surface area (Å²) in [6.07, 6.45) is 3.13. The summed E-state index contributed by atoms with van der Waals surface area (Å²) in [4.78, 5) is 29.3. The summed E-state index contributed by atoms with van der Waals surface area (Å²) >= 11 is 3.49. The molecule has 3 aromatic rings. The molecule has 0 fully saturated rings. The van der Waals surface area contributed by atoms with Crippen LogP contribution in [-0.4, -0.2) is 50.5 Å². The van der Waals surface area contributed by atoms with Gasteiger partial charge in [0.1, 0.15) is 12.6 Å². The summed E-state index contributed by atoms with van der Waals surface area (Å²) in [5.74, 6) is -0.726.